The number of esters is 1. The zero-order valence-electron chi connectivity index (χ0n) is 10.6. The minimum absolute atomic E-state index is 0.153. The van der Waals surface area contributed by atoms with E-state index in [0.717, 1.165) is 5.56 Å². The van der Waals surface area contributed by atoms with Crippen LogP contribution in [0.4, 0.5) is 0 Å². The Kier molecular flexibility index (Phi) is 5.64. The number of carbonyl (C=O) groups is 2. The topological polar surface area (TPSA) is 55.4 Å². The van der Waals surface area contributed by atoms with Crippen LogP contribution in [0.25, 0.3) is 0 Å². The molecule has 0 spiro atoms. The van der Waals surface area contributed by atoms with Crippen molar-refractivity contribution in [1.82, 2.24) is 5.32 Å². The summed E-state index contributed by atoms with van der Waals surface area (Å²) in [5, 5.41) is 2.64. The second-order valence-electron chi connectivity index (χ2n) is 3.79. The Labute approximate surface area is 107 Å². The quantitative estimate of drug-likeness (QED) is 0.637. The van der Waals surface area contributed by atoms with E-state index in [-0.39, 0.29) is 12.3 Å². The van der Waals surface area contributed by atoms with Crippen LogP contribution in [0.2, 0.25) is 0 Å². The van der Waals surface area contributed by atoms with Gasteiger partial charge in [0.15, 0.2) is 0 Å². The van der Waals surface area contributed by atoms with E-state index >= 15 is 0 Å². The third-order valence-corrected chi connectivity index (χ3v) is 2.17. The second-order valence-corrected chi connectivity index (χ2v) is 3.79. The molecule has 0 aliphatic carbocycles. The van der Waals surface area contributed by atoms with E-state index in [1.54, 1.807) is 13.8 Å². The van der Waals surface area contributed by atoms with Crippen molar-refractivity contribution in [3.8, 4) is 0 Å². The molecule has 0 aliphatic heterocycles. The number of nitrogens with one attached hydrogen (secondary N) is 1. The van der Waals surface area contributed by atoms with Crippen molar-refractivity contribution < 1.29 is 14.3 Å². The molecule has 4 nitrogen and oxygen atoms in total. The Morgan fingerprint density at radius 1 is 1.28 bits per heavy atom. The fourth-order valence-electron chi connectivity index (χ4n) is 1.44. The molecular weight excluding hydrogens is 230 g/mol. The lowest BCUT2D eigenvalue weighted by Crippen LogP contribution is -2.24. The molecule has 0 heterocycles. The highest BCUT2D eigenvalue weighted by molar-refractivity contribution is 5.85. The van der Waals surface area contributed by atoms with Crippen molar-refractivity contribution in [3.05, 3.63) is 47.7 Å². The Hall–Kier alpha value is -2.10. The minimum atomic E-state index is -0.449. The standard InChI is InChI=1S/C14H17NO3/c1-3-18-14(17)9-11(2)15-13(16)10-12-7-5-4-6-8-12/h4-9H,3,10H2,1-2H3,(H,15,16)/b11-9+. The molecule has 0 aromatic heterocycles. The fourth-order valence-corrected chi connectivity index (χ4v) is 1.44. The summed E-state index contributed by atoms with van der Waals surface area (Å²) in [4.78, 5) is 22.8. The summed E-state index contributed by atoms with van der Waals surface area (Å²) in [7, 11) is 0. The van der Waals surface area contributed by atoms with Crippen molar-refractivity contribution in [2.24, 2.45) is 0 Å². The highest BCUT2D eigenvalue weighted by atomic mass is 16.5. The fraction of sp³-hybridized carbons (Fsp3) is 0.286. The van der Waals surface area contributed by atoms with Gasteiger partial charge >= 0.3 is 5.97 Å². The predicted octanol–water partition coefficient (Wildman–Crippen LogP) is 1.81. The van der Waals surface area contributed by atoms with Crippen molar-refractivity contribution in [1.29, 1.82) is 0 Å². The van der Waals surface area contributed by atoms with Gasteiger partial charge in [-0.05, 0) is 19.4 Å². The number of hydrogen-bond acceptors (Lipinski definition) is 3. The molecule has 0 radical (unpaired) electrons. The molecule has 18 heavy (non-hydrogen) atoms. The first-order valence-electron chi connectivity index (χ1n) is 5.80. The van der Waals surface area contributed by atoms with Crippen LogP contribution >= 0.6 is 0 Å². The van der Waals surface area contributed by atoms with Gasteiger partial charge in [-0.15, -0.1) is 0 Å². The van der Waals surface area contributed by atoms with Gasteiger partial charge in [0.2, 0.25) is 5.91 Å². The number of benzene rings is 1. The SMILES string of the molecule is CCOC(=O)/C=C(\C)NC(=O)Cc1ccccc1. The second kappa shape index (κ2) is 7.27. The summed E-state index contributed by atoms with van der Waals surface area (Å²) in [5.74, 6) is -0.603. The zero-order valence-corrected chi connectivity index (χ0v) is 10.6. The van der Waals surface area contributed by atoms with Crippen LogP contribution < -0.4 is 5.32 Å². The van der Waals surface area contributed by atoms with Gasteiger partial charge in [0.05, 0.1) is 13.0 Å². The number of ether oxygens (including phenoxy) is 1. The van der Waals surface area contributed by atoms with E-state index in [0.29, 0.717) is 12.3 Å². The van der Waals surface area contributed by atoms with Gasteiger partial charge in [-0.1, -0.05) is 30.3 Å². The summed E-state index contributed by atoms with van der Waals surface area (Å²) in [6.45, 7) is 3.70. The van der Waals surface area contributed by atoms with E-state index in [2.05, 4.69) is 5.32 Å². The molecule has 0 fully saturated rings. The number of rotatable bonds is 5. The molecule has 1 rings (SSSR count). The Bertz CT molecular complexity index is 438. The first-order chi connectivity index (χ1) is 8.61. The van der Waals surface area contributed by atoms with Crippen LogP contribution in [0.3, 0.4) is 0 Å². The third-order valence-electron chi connectivity index (χ3n) is 2.17. The Morgan fingerprint density at radius 2 is 1.94 bits per heavy atom. The molecule has 96 valence electrons. The average Bonchev–Trinajstić information content (AvgIpc) is 2.29. The molecule has 0 bridgehead atoms. The first-order valence-corrected chi connectivity index (χ1v) is 5.80. The zero-order chi connectivity index (χ0) is 13.4. The minimum Gasteiger partial charge on any atom is -0.463 e. The van der Waals surface area contributed by atoms with Crippen LogP contribution in [0.5, 0.6) is 0 Å². The normalized spacial score (nSPS) is 10.9. The maximum atomic E-state index is 11.7. The summed E-state index contributed by atoms with van der Waals surface area (Å²) < 4.78 is 4.75. The van der Waals surface area contributed by atoms with Crippen molar-refractivity contribution in [2.75, 3.05) is 6.61 Å². The van der Waals surface area contributed by atoms with Crippen molar-refractivity contribution in [3.63, 3.8) is 0 Å². The highest BCUT2D eigenvalue weighted by Gasteiger charge is 2.04. The summed E-state index contributed by atoms with van der Waals surface area (Å²) >= 11 is 0. The predicted molar refractivity (Wildman–Crippen MR) is 68.7 cm³/mol. The van der Waals surface area contributed by atoms with Gasteiger partial charge in [0, 0.05) is 11.8 Å². The molecule has 0 aliphatic rings. The molecule has 0 atom stereocenters. The number of hydrogen-bond donors (Lipinski definition) is 1. The van der Waals surface area contributed by atoms with E-state index in [4.69, 9.17) is 4.74 Å². The van der Waals surface area contributed by atoms with Gasteiger partial charge in [-0.25, -0.2) is 4.79 Å². The van der Waals surface area contributed by atoms with E-state index < -0.39 is 5.97 Å². The summed E-state index contributed by atoms with van der Waals surface area (Å²) in [5.41, 5.74) is 1.41. The average molecular weight is 247 g/mol. The highest BCUT2D eigenvalue weighted by Crippen LogP contribution is 2.00. The molecule has 4 heteroatoms. The molecule has 0 unspecified atom stereocenters. The van der Waals surface area contributed by atoms with E-state index in [9.17, 15) is 9.59 Å². The maximum absolute atomic E-state index is 11.7. The van der Waals surface area contributed by atoms with Crippen LogP contribution in [-0.2, 0) is 20.7 Å². The Balaban J connectivity index is 2.47. The lowest BCUT2D eigenvalue weighted by Gasteiger charge is -2.05. The van der Waals surface area contributed by atoms with Crippen LogP contribution in [-0.4, -0.2) is 18.5 Å². The van der Waals surface area contributed by atoms with Crippen LogP contribution in [0.1, 0.15) is 19.4 Å². The number of amides is 1. The number of carbonyl (C=O) groups excluding carboxylic acids is 2. The number of allylic oxidation sites excluding steroid dienone is 1. The molecule has 1 aromatic rings. The molecule has 1 aromatic carbocycles. The third kappa shape index (κ3) is 5.30. The Morgan fingerprint density at radius 3 is 2.56 bits per heavy atom. The van der Waals surface area contributed by atoms with Gasteiger partial charge < -0.3 is 10.1 Å². The molecule has 0 saturated heterocycles. The maximum Gasteiger partial charge on any atom is 0.332 e. The molecule has 0 saturated carbocycles. The van der Waals surface area contributed by atoms with Gasteiger partial charge in [0.25, 0.3) is 0 Å². The lowest BCUT2D eigenvalue weighted by molar-refractivity contribution is -0.137. The van der Waals surface area contributed by atoms with Gasteiger partial charge in [-0.2, -0.15) is 0 Å². The van der Waals surface area contributed by atoms with Gasteiger partial charge in [-0.3, -0.25) is 4.79 Å². The van der Waals surface area contributed by atoms with Gasteiger partial charge in [0.1, 0.15) is 0 Å². The van der Waals surface area contributed by atoms with Crippen LogP contribution in [0.15, 0.2) is 42.1 Å². The lowest BCUT2D eigenvalue weighted by atomic mass is 10.1. The summed E-state index contributed by atoms with van der Waals surface area (Å²) in [6.07, 6.45) is 1.56. The smallest absolute Gasteiger partial charge is 0.332 e. The van der Waals surface area contributed by atoms with E-state index in [1.165, 1.54) is 6.08 Å². The van der Waals surface area contributed by atoms with Crippen molar-refractivity contribution in [2.45, 2.75) is 20.3 Å². The molecule has 1 amide bonds. The van der Waals surface area contributed by atoms with Crippen LogP contribution in [0, 0.1) is 0 Å². The summed E-state index contributed by atoms with van der Waals surface area (Å²) in [6, 6.07) is 9.41. The van der Waals surface area contributed by atoms with Crippen molar-refractivity contribution >= 4 is 11.9 Å². The molecule has 1 N–H and O–H groups in total. The monoisotopic (exact) mass is 247 g/mol. The molecular formula is C14H17NO3. The first kappa shape index (κ1) is 14.0. The largest absolute Gasteiger partial charge is 0.463 e. The van der Waals surface area contributed by atoms with E-state index in [1.807, 2.05) is 30.3 Å².